The van der Waals surface area contributed by atoms with E-state index in [9.17, 15) is 4.39 Å². The van der Waals surface area contributed by atoms with E-state index in [2.05, 4.69) is 0 Å². The van der Waals surface area contributed by atoms with Gasteiger partial charge in [-0.3, -0.25) is 0 Å². The average Bonchev–Trinajstić information content (AvgIpc) is 2.50. The number of benzene rings is 1. The molecule has 3 rings (SSSR count). The van der Waals surface area contributed by atoms with Crippen LogP contribution in [0, 0.1) is 18.7 Å². The molecule has 1 aromatic rings. The van der Waals surface area contributed by atoms with Crippen LogP contribution >= 0.6 is 0 Å². The SMILES string of the molecule is Cc1ccc(F)cc1C(N)C1CCOC2(CCCCC2)C1. The molecule has 0 amide bonds. The fourth-order valence-corrected chi connectivity index (χ4v) is 4.14. The Hall–Kier alpha value is -0.930. The second kappa shape index (κ2) is 6.05. The molecule has 2 aliphatic rings. The molecular weight excluding hydrogens is 265 g/mol. The van der Waals surface area contributed by atoms with E-state index in [1.807, 2.05) is 13.0 Å². The van der Waals surface area contributed by atoms with Gasteiger partial charge < -0.3 is 10.5 Å². The zero-order chi connectivity index (χ0) is 14.9. The fraction of sp³-hybridized carbons (Fsp3) is 0.667. The molecule has 2 nitrogen and oxygen atoms in total. The van der Waals surface area contributed by atoms with E-state index < -0.39 is 0 Å². The first-order valence-electron chi connectivity index (χ1n) is 8.25. The van der Waals surface area contributed by atoms with Gasteiger partial charge in [-0.1, -0.05) is 25.3 Å². The lowest BCUT2D eigenvalue weighted by molar-refractivity contribution is -0.120. The van der Waals surface area contributed by atoms with Gasteiger partial charge in [-0.25, -0.2) is 4.39 Å². The summed E-state index contributed by atoms with van der Waals surface area (Å²) in [5.74, 6) is 0.211. The lowest BCUT2D eigenvalue weighted by atomic mass is 9.73. The van der Waals surface area contributed by atoms with E-state index in [1.165, 1.54) is 38.2 Å². The van der Waals surface area contributed by atoms with Crippen molar-refractivity contribution in [2.24, 2.45) is 11.7 Å². The maximum Gasteiger partial charge on any atom is 0.123 e. The number of hydrogen-bond acceptors (Lipinski definition) is 2. The number of halogens is 1. The quantitative estimate of drug-likeness (QED) is 0.883. The van der Waals surface area contributed by atoms with Crippen LogP contribution in [-0.4, -0.2) is 12.2 Å². The molecule has 2 N–H and O–H groups in total. The number of rotatable bonds is 2. The highest BCUT2D eigenvalue weighted by Gasteiger charge is 2.40. The van der Waals surface area contributed by atoms with Gasteiger partial charge in [-0.15, -0.1) is 0 Å². The molecule has 0 radical (unpaired) electrons. The molecule has 2 atom stereocenters. The minimum absolute atomic E-state index is 0.0556. The predicted molar refractivity (Wildman–Crippen MR) is 82.6 cm³/mol. The van der Waals surface area contributed by atoms with Crippen molar-refractivity contribution in [2.45, 2.75) is 63.5 Å². The van der Waals surface area contributed by atoms with Crippen LogP contribution in [0.1, 0.15) is 62.1 Å². The molecule has 1 aliphatic heterocycles. The lowest BCUT2D eigenvalue weighted by Crippen LogP contribution is -2.44. The van der Waals surface area contributed by atoms with Crippen LogP contribution in [0.25, 0.3) is 0 Å². The number of nitrogens with two attached hydrogens (primary N) is 1. The van der Waals surface area contributed by atoms with Crippen LogP contribution < -0.4 is 5.73 Å². The number of aryl methyl sites for hydroxylation is 1. The van der Waals surface area contributed by atoms with Crippen molar-refractivity contribution >= 4 is 0 Å². The highest BCUT2D eigenvalue weighted by Crippen LogP contribution is 2.44. The minimum atomic E-state index is -0.189. The van der Waals surface area contributed by atoms with Crippen LogP contribution in [0.4, 0.5) is 4.39 Å². The van der Waals surface area contributed by atoms with Crippen molar-refractivity contribution in [1.82, 2.24) is 0 Å². The van der Waals surface area contributed by atoms with E-state index in [0.717, 1.165) is 30.6 Å². The molecule has 21 heavy (non-hydrogen) atoms. The van der Waals surface area contributed by atoms with Crippen LogP contribution in [0.5, 0.6) is 0 Å². The van der Waals surface area contributed by atoms with Crippen molar-refractivity contribution in [3.63, 3.8) is 0 Å². The Labute approximate surface area is 126 Å². The standard InChI is InChI=1S/C18H26FNO/c1-13-5-6-15(19)11-16(13)17(20)14-7-10-21-18(12-14)8-3-2-4-9-18/h5-6,11,14,17H,2-4,7-10,12,20H2,1H3. The summed E-state index contributed by atoms with van der Waals surface area (Å²) in [6.45, 7) is 2.82. The van der Waals surface area contributed by atoms with E-state index in [4.69, 9.17) is 10.5 Å². The average molecular weight is 291 g/mol. The molecule has 0 aromatic heterocycles. The van der Waals surface area contributed by atoms with E-state index >= 15 is 0 Å². The van der Waals surface area contributed by atoms with E-state index in [0.29, 0.717) is 5.92 Å². The van der Waals surface area contributed by atoms with Crippen molar-refractivity contribution in [2.75, 3.05) is 6.61 Å². The largest absolute Gasteiger partial charge is 0.375 e. The third-order valence-electron chi connectivity index (χ3n) is 5.40. The predicted octanol–water partition coefficient (Wildman–Crippen LogP) is 4.26. The first-order chi connectivity index (χ1) is 10.1. The summed E-state index contributed by atoms with van der Waals surface area (Å²) in [6, 6.07) is 4.88. The Morgan fingerprint density at radius 2 is 2.05 bits per heavy atom. The first kappa shape index (κ1) is 15.0. The van der Waals surface area contributed by atoms with Gasteiger partial charge in [-0.2, -0.15) is 0 Å². The van der Waals surface area contributed by atoms with Gasteiger partial charge in [0, 0.05) is 12.6 Å². The summed E-state index contributed by atoms with van der Waals surface area (Å²) in [7, 11) is 0. The maximum absolute atomic E-state index is 13.5. The van der Waals surface area contributed by atoms with Crippen LogP contribution in [0.15, 0.2) is 18.2 Å². The summed E-state index contributed by atoms with van der Waals surface area (Å²) < 4.78 is 19.7. The molecule has 0 bridgehead atoms. The summed E-state index contributed by atoms with van der Waals surface area (Å²) in [5, 5.41) is 0. The molecule has 2 unspecified atom stereocenters. The Balaban J connectivity index is 1.77. The van der Waals surface area contributed by atoms with Gasteiger partial charge in [0.05, 0.1) is 5.60 Å². The van der Waals surface area contributed by atoms with Gasteiger partial charge >= 0.3 is 0 Å². The second-order valence-corrected chi connectivity index (χ2v) is 6.87. The van der Waals surface area contributed by atoms with Crippen molar-refractivity contribution in [3.05, 3.63) is 35.1 Å². The van der Waals surface area contributed by atoms with Gasteiger partial charge in [0.15, 0.2) is 0 Å². The van der Waals surface area contributed by atoms with E-state index in [-0.39, 0.29) is 17.5 Å². The van der Waals surface area contributed by atoms with Gasteiger partial charge in [0.2, 0.25) is 0 Å². The smallest absolute Gasteiger partial charge is 0.123 e. The second-order valence-electron chi connectivity index (χ2n) is 6.87. The molecule has 1 saturated heterocycles. The Morgan fingerprint density at radius 3 is 2.81 bits per heavy atom. The number of hydrogen-bond donors (Lipinski definition) is 1. The molecule has 1 heterocycles. The van der Waals surface area contributed by atoms with Gasteiger partial charge in [0.25, 0.3) is 0 Å². The lowest BCUT2D eigenvalue weighted by Gasteiger charge is -2.45. The van der Waals surface area contributed by atoms with Gasteiger partial charge in [0.1, 0.15) is 5.82 Å². The highest BCUT2D eigenvalue weighted by atomic mass is 19.1. The van der Waals surface area contributed by atoms with Crippen molar-refractivity contribution < 1.29 is 9.13 Å². The van der Waals surface area contributed by atoms with Gasteiger partial charge in [-0.05, 0) is 61.8 Å². The first-order valence-corrected chi connectivity index (χ1v) is 8.25. The summed E-state index contributed by atoms with van der Waals surface area (Å²) in [6.07, 6.45) is 8.20. The van der Waals surface area contributed by atoms with Crippen molar-refractivity contribution in [1.29, 1.82) is 0 Å². The molecule has 1 aromatic carbocycles. The zero-order valence-corrected chi connectivity index (χ0v) is 12.9. The monoisotopic (exact) mass is 291 g/mol. The molecule has 2 fully saturated rings. The van der Waals surface area contributed by atoms with Crippen LogP contribution in [0.3, 0.4) is 0 Å². The molecule has 1 aliphatic carbocycles. The Morgan fingerprint density at radius 1 is 1.29 bits per heavy atom. The van der Waals surface area contributed by atoms with Crippen molar-refractivity contribution in [3.8, 4) is 0 Å². The third kappa shape index (κ3) is 3.14. The maximum atomic E-state index is 13.5. The van der Waals surface area contributed by atoms with E-state index in [1.54, 1.807) is 6.07 Å². The summed E-state index contributed by atoms with van der Waals surface area (Å²) in [4.78, 5) is 0. The fourth-order valence-electron chi connectivity index (χ4n) is 4.14. The molecule has 1 saturated carbocycles. The zero-order valence-electron chi connectivity index (χ0n) is 12.9. The third-order valence-corrected chi connectivity index (χ3v) is 5.40. The van der Waals surface area contributed by atoms with Crippen LogP contribution in [0.2, 0.25) is 0 Å². The molecule has 3 heteroatoms. The van der Waals surface area contributed by atoms with Crippen LogP contribution in [-0.2, 0) is 4.74 Å². The Bertz CT molecular complexity index is 490. The summed E-state index contributed by atoms with van der Waals surface area (Å²) in [5.41, 5.74) is 8.62. The molecule has 116 valence electrons. The topological polar surface area (TPSA) is 35.2 Å². The molecular formula is C18H26FNO. The normalized spacial score (nSPS) is 26.7. The Kier molecular flexibility index (Phi) is 4.32. The number of ether oxygens (including phenoxy) is 1. The minimum Gasteiger partial charge on any atom is -0.375 e. The molecule has 1 spiro atoms. The summed E-state index contributed by atoms with van der Waals surface area (Å²) >= 11 is 0. The highest BCUT2D eigenvalue weighted by molar-refractivity contribution is 5.30.